The van der Waals surface area contributed by atoms with Crippen LogP contribution in [0.4, 0.5) is 0 Å². The number of benzene rings is 1. The lowest BCUT2D eigenvalue weighted by Gasteiger charge is -2.29. The molecule has 0 amide bonds. The average Bonchev–Trinajstić information content (AvgIpc) is 2.38. The predicted molar refractivity (Wildman–Crippen MR) is 60.6 cm³/mol. The van der Waals surface area contributed by atoms with Crippen molar-refractivity contribution in [2.75, 3.05) is 20.3 Å². The molecule has 0 radical (unpaired) electrons. The Balaban J connectivity index is 2.09. The minimum Gasteiger partial charge on any atom is -0.508 e. The number of carbonyl (C=O) groups is 1. The Labute approximate surface area is 99.3 Å². The van der Waals surface area contributed by atoms with Crippen molar-refractivity contribution in [1.29, 1.82) is 0 Å². The first kappa shape index (κ1) is 11.9. The molecule has 2 unspecified atom stereocenters. The Morgan fingerprint density at radius 3 is 3.06 bits per heavy atom. The summed E-state index contributed by atoms with van der Waals surface area (Å²) in [5.41, 5.74) is 0.888. The molecule has 2 rings (SSSR count). The highest BCUT2D eigenvalue weighted by atomic mass is 16.5. The number of nitrogens with one attached hydrogen (secondary N) is 1. The highest BCUT2D eigenvalue weighted by molar-refractivity contribution is 5.76. The van der Waals surface area contributed by atoms with Crippen LogP contribution in [-0.4, -0.2) is 37.4 Å². The molecule has 0 aliphatic carbocycles. The molecule has 0 bridgehead atoms. The standard InChI is InChI=1S/C12H15NO4/c1-16-12(15)11-7-17-6-10(13-11)8-3-2-4-9(14)5-8/h2-5,10-11,13-14H,6-7H2,1H3. The molecule has 1 aliphatic rings. The van der Waals surface area contributed by atoms with Crippen LogP contribution in [-0.2, 0) is 14.3 Å². The first-order valence-corrected chi connectivity index (χ1v) is 5.41. The molecule has 1 saturated heterocycles. The Kier molecular flexibility index (Phi) is 3.61. The zero-order valence-corrected chi connectivity index (χ0v) is 9.55. The second-order valence-electron chi connectivity index (χ2n) is 3.93. The van der Waals surface area contributed by atoms with Crippen LogP contribution in [0.3, 0.4) is 0 Å². The maximum atomic E-state index is 11.4. The Morgan fingerprint density at radius 2 is 2.35 bits per heavy atom. The highest BCUT2D eigenvalue weighted by Crippen LogP contribution is 2.21. The van der Waals surface area contributed by atoms with Crippen molar-refractivity contribution < 1.29 is 19.4 Å². The maximum absolute atomic E-state index is 11.4. The summed E-state index contributed by atoms with van der Waals surface area (Å²) >= 11 is 0. The van der Waals surface area contributed by atoms with Gasteiger partial charge in [-0.05, 0) is 17.7 Å². The monoisotopic (exact) mass is 237 g/mol. The van der Waals surface area contributed by atoms with E-state index in [4.69, 9.17) is 4.74 Å². The van der Waals surface area contributed by atoms with Gasteiger partial charge in [0, 0.05) is 0 Å². The van der Waals surface area contributed by atoms with Gasteiger partial charge in [0.25, 0.3) is 0 Å². The number of rotatable bonds is 2. The Bertz CT molecular complexity index is 407. The van der Waals surface area contributed by atoms with E-state index in [1.165, 1.54) is 7.11 Å². The summed E-state index contributed by atoms with van der Waals surface area (Å²) in [5.74, 6) is -0.139. The number of carbonyl (C=O) groups excluding carboxylic acids is 1. The smallest absolute Gasteiger partial charge is 0.325 e. The number of phenolic OH excluding ortho intramolecular Hbond substituents is 1. The lowest BCUT2D eigenvalue weighted by Crippen LogP contribution is -2.48. The van der Waals surface area contributed by atoms with Gasteiger partial charge < -0.3 is 14.6 Å². The van der Waals surface area contributed by atoms with E-state index < -0.39 is 6.04 Å². The Morgan fingerprint density at radius 1 is 1.53 bits per heavy atom. The molecule has 1 aromatic rings. The number of methoxy groups -OCH3 is 1. The van der Waals surface area contributed by atoms with Crippen molar-refractivity contribution in [3.63, 3.8) is 0 Å². The van der Waals surface area contributed by atoms with Gasteiger partial charge in [-0.25, -0.2) is 0 Å². The van der Waals surface area contributed by atoms with E-state index in [1.54, 1.807) is 18.2 Å². The van der Waals surface area contributed by atoms with E-state index in [0.717, 1.165) is 5.56 Å². The predicted octanol–water partition coefficient (Wildman–Crippen LogP) is 0.595. The van der Waals surface area contributed by atoms with Gasteiger partial charge in [0.15, 0.2) is 0 Å². The van der Waals surface area contributed by atoms with Gasteiger partial charge in [0.05, 0.1) is 26.4 Å². The van der Waals surface area contributed by atoms with Gasteiger partial charge in [-0.15, -0.1) is 0 Å². The molecular formula is C12H15NO4. The van der Waals surface area contributed by atoms with Crippen LogP contribution in [0.2, 0.25) is 0 Å². The molecule has 1 heterocycles. The number of esters is 1. The third kappa shape index (κ3) is 2.75. The third-order valence-electron chi connectivity index (χ3n) is 2.73. The van der Waals surface area contributed by atoms with Crippen LogP contribution >= 0.6 is 0 Å². The first-order chi connectivity index (χ1) is 8.20. The fraction of sp³-hybridized carbons (Fsp3) is 0.417. The molecule has 1 aliphatic heterocycles. The first-order valence-electron chi connectivity index (χ1n) is 5.41. The summed E-state index contributed by atoms with van der Waals surface area (Å²) in [4.78, 5) is 11.4. The van der Waals surface area contributed by atoms with Gasteiger partial charge in [0.2, 0.25) is 0 Å². The fourth-order valence-corrected chi connectivity index (χ4v) is 1.86. The topological polar surface area (TPSA) is 67.8 Å². The van der Waals surface area contributed by atoms with E-state index in [9.17, 15) is 9.90 Å². The van der Waals surface area contributed by atoms with Crippen molar-refractivity contribution in [3.8, 4) is 5.75 Å². The lowest BCUT2D eigenvalue weighted by atomic mass is 10.0. The summed E-state index contributed by atoms with van der Waals surface area (Å²) in [7, 11) is 1.35. The molecule has 5 heteroatoms. The second-order valence-corrected chi connectivity index (χ2v) is 3.93. The molecule has 2 N–H and O–H groups in total. The third-order valence-corrected chi connectivity index (χ3v) is 2.73. The van der Waals surface area contributed by atoms with Crippen LogP contribution < -0.4 is 5.32 Å². The summed E-state index contributed by atoms with van der Waals surface area (Å²) in [6.07, 6.45) is 0. The molecule has 5 nitrogen and oxygen atoms in total. The van der Waals surface area contributed by atoms with Crippen molar-refractivity contribution in [2.24, 2.45) is 0 Å². The second kappa shape index (κ2) is 5.16. The van der Waals surface area contributed by atoms with E-state index in [0.29, 0.717) is 13.2 Å². The summed E-state index contributed by atoms with van der Waals surface area (Å²) in [5, 5.41) is 12.5. The molecule has 92 valence electrons. The number of hydrogen-bond donors (Lipinski definition) is 2. The van der Waals surface area contributed by atoms with E-state index in [-0.39, 0.29) is 17.8 Å². The van der Waals surface area contributed by atoms with E-state index in [1.807, 2.05) is 6.07 Å². The van der Waals surface area contributed by atoms with Crippen LogP contribution in [0.25, 0.3) is 0 Å². The molecule has 0 saturated carbocycles. The molecule has 0 spiro atoms. The number of morpholine rings is 1. The number of hydrogen-bond acceptors (Lipinski definition) is 5. The maximum Gasteiger partial charge on any atom is 0.325 e. The van der Waals surface area contributed by atoms with Crippen molar-refractivity contribution in [2.45, 2.75) is 12.1 Å². The molecule has 1 aromatic carbocycles. The minimum absolute atomic E-state index is 0.111. The van der Waals surface area contributed by atoms with E-state index in [2.05, 4.69) is 10.1 Å². The summed E-state index contributed by atoms with van der Waals surface area (Å²) in [6.45, 7) is 0.777. The lowest BCUT2D eigenvalue weighted by molar-refractivity contribution is -0.147. The summed E-state index contributed by atoms with van der Waals surface area (Å²) < 4.78 is 10.0. The van der Waals surface area contributed by atoms with Gasteiger partial charge in [0.1, 0.15) is 11.8 Å². The zero-order chi connectivity index (χ0) is 12.3. The Hall–Kier alpha value is -1.59. The van der Waals surface area contributed by atoms with Crippen LogP contribution in [0, 0.1) is 0 Å². The largest absolute Gasteiger partial charge is 0.508 e. The van der Waals surface area contributed by atoms with Crippen molar-refractivity contribution in [3.05, 3.63) is 29.8 Å². The number of phenols is 1. The molecular weight excluding hydrogens is 222 g/mol. The van der Waals surface area contributed by atoms with Crippen molar-refractivity contribution in [1.82, 2.24) is 5.32 Å². The van der Waals surface area contributed by atoms with Gasteiger partial charge in [-0.3, -0.25) is 10.1 Å². The number of aromatic hydroxyl groups is 1. The normalized spacial score (nSPS) is 24.3. The molecule has 17 heavy (non-hydrogen) atoms. The van der Waals surface area contributed by atoms with E-state index >= 15 is 0 Å². The van der Waals surface area contributed by atoms with Gasteiger partial charge in [-0.1, -0.05) is 12.1 Å². The van der Waals surface area contributed by atoms with Gasteiger partial charge in [-0.2, -0.15) is 0 Å². The SMILES string of the molecule is COC(=O)C1COCC(c2cccc(O)c2)N1. The summed E-state index contributed by atoms with van der Waals surface area (Å²) in [6, 6.07) is 6.32. The fourth-order valence-electron chi connectivity index (χ4n) is 1.86. The molecule has 2 atom stereocenters. The zero-order valence-electron chi connectivity index (χ0n) is 9.55. The molecule has 1 fully saturated rings. The quantitative estimate of drug-likeness (QED) is 0.737. The average molecular weight is 237 g/mol. The number of ether oxygens (including phenoxy) is 2. The van der Waals surface area contributed by atoms with Crippen LogP contribution in [0.5, 0.6) is 5.75 Å². The van der Waals surface area contributed by atoms with Crippen LogP contribution in [0.1, 0.15) is 11.6 Å². The minimum atomic E-state index is -0.457. The van der Waals surface area contributed by atoms with Crippen LogP contribution in [0.15, 0.2) is 24.3 Å². The van der Waals surface area contributed by atoms with Crippen molar-refractivity contribution >= 4 is 5.97 Å². The van der Waals surface area contributed by atoms with Gasteiger partial charge >= 0.3 is 5.97 Å². The highest BCUT2D eigenvalue weighted by Gasteiger charge is 2.28. The molecule has 0 aromatic heterocycles.